The molecule has 2 rings (SSSR count). The van der Waals surface area contributed by atoms with E-state index in [0.717, 1.165) is 12.8 Å². The first kappa shape index (κ1) is 59.6. The normalized spacial score (nSPS) is 11.8. The van der Waals surface area contributed by atoms with Crippen molar-refractivity contribution >= 4 is 11.8 Å². The molecule has 2 aromatic carbocycles. The van der Waals surface area contributed by atoms with Gasteiger partial charge in [0.15, 0.2) is 0 Å². The summed E-state index contributed by atoms with van der Waals surface area (Å²) in [5.41, 5.74) is 2.38. The van der Waals surface area contributed by atoms with Gasteiger partial charge in [0.25, 0.3) is 0 Å². The van der Waals surface area contributed by atoms with Crippen molar-refractivity contribution in [2.45, 2.75) is 193 Å². The molecule has 6 N–H and O–H groups in total. The summed E-state index contributed by atoms with van der Waals surface area (Å²) in [5, 5.41) is 25.2. The van der Waals surface area contributed by atoms with Gasteiger partial charge in [-0.05, 0) is 46.9 Å². The molecule has 7 heteroatoms. The van der Waals surface area contributed by atoms with Crippen molar-refractivity contribution in [2.24, 2.45) is 11.8 Å². The summed E-state index contributed by atoms with van der Waals surface area (Å²) < 4.78 is 0. The summed E-state index contributed by atoms with van der Waals surface area (Å²) in [5.74, 6) is 1.39. The number of hydrogen-bond donors (Lipinski definition) is 2. The Bertz CT molecular complexity index is 998. The largest absolute Gasteiger partial charge is 2.00 e. The predicted octanol–water partition coefficient (Wildman–Crippen LogP) is 14.1. The Balaban J connectivity index is -0.000000295. The minimum absolute atomic E-state index is 0. The second kappa shape index (κ2) is 33.8. The fourth-order valence-electron chi connectivity index (χ4n) is 5.45. The van der Waals surface area contributed by atoms with E-state index in [9.17, 15) is 10.2 Å². The third-order valence-corrected chi connectivity index (χ3v) is 10.6. The van der Waals surface area contributed by atoms with Crippen LogP contribution in [0.1, 0.15) is 183 Å². The Kier molecular flexibility index (Phi) is 39.5. The monoisotopic (exact) mass is 816 g/mol. The van der Waals surface area contributed by atoms with Gasteiger partial charge in [-0.1, -0.05) is 207 Å². The molecule has 0 aliphatic rings. The zero-order chi connectivity index (χ0) is 35.9. The minimum Gasteiger partial charge on any atom is -0.872 e. The number of rotatable bonds is 20. The first-order valence-corrected chi connectivity index (χ1v) is 20.0. The van der Waals surface area contributed by atoms with Crippen molar-refractivity contribution in [1.82, 2.24) is 12.3 Å². The molecule has 2 unspecified atom stereocenters. The fraction of sp³-hybridized carbons (Fsp3) is 0.682. The summed E-state index contributed by atoms with van der Waals surface area (Å²) in [6, 6.07) is 11.3. The Morgan fingerprint density at radius 1 is 0.549 bits per heavy atom. The topological polar surface area (TPSA) is 116 Å². The average Bonchev–Trinajstić information content (AvgIpc) is 3.04. The molecule has 4 nitrogen and oxygen atoms in total. The van der Waals surface area contributed by atoms with Crippen LogP contribution in [-0.4, -0.2) is 0 Å². The maximum Gasteiger partial charge on any atom is 2.00 e. The average molecular weight is 819 g/mol. The van der Waals surface area contributed by atoms with Gasteiger partial charge < -0.3 is 36.4 Å². The van der Waals surface area contributed by atoms with Gasteiger partial charge in [0.2, 0.25) is 0 Å². The van der Waals surface area contributed by atoms with Gasteiger partial charge in [-0.2, -0.15) is 11.8 Å². The van der Waals surface area contributed by atoms with E-state index in [4.69, 9.17) is 0 Å². The molecule has 0 saturated carbocycles. The molecule has 0 saturated heterocycles. The third-order valence-electron chi connectivity index (χ3n) is 9.57. The molecular weight excluding hydrogens is 738 g/mol. The van der Waals surface area contributed by atoms with Crippen LogP contribution in [0.2, 0.25) is 0 Å². The third kappa shape index (κ3) is 25.9. The molecule has 0 spiro atoms. The zero-order valence-corrected chi connectivity index (χ0v) is 37.4. The van der Waals surface area contributed by atoms with Crippen molar-refractivity contribution in [2.75, 3.05) is 0 Å². The van der Waals surface area contributed by atoms with Crippen LogP contribution in [-0.2, 0) is 43.8 Å². The quantitative estimate of drug-likeness (QED) is 0.0784. The van der Waals surface area contributed by atoms with Crippen LogP contribution < -0.4 is 22.5 Å². The maximum atomic E-state index is 12.6. The van der Waals surface area contributed by atoms with Crippen LogP contribution in [0, 0.1) is 25.7 Å². The number of hydrogen-bond acceptors (Lipinski definition) is 5. The van der Waals surface area contributed by atoms with E-state index in [1.54, 1.807) is 12.1 Å². The van der Waals surface area contributed by atoms with Crippen LogP contribution in [0.15, 0.2) is 46.2 Å². The Morgan fingerprint density at radius 3 is 1.14 bits per heavy atom. The SMILES string of the molecule is CCCCCC(C)(C)c1ccc([O-])c(Sc2cc(C(C)(C)CCCCC)ccc2[O-])c1.N.N.[CH2-]C(CC)CCCC.[CH2-]C(CC)CCCC.[Ni+2].[Ni+2]. The summed E-state index contributed by atoms with van der Waals surface area (Å²) in [4.78, 5) is 1.30. The van der Waals surface area contributed by atoms with Crippen LogP contribution in [0.5, 0.6) is 11.5 Å². The van der Waals surface area contributed by atoms with E-state index in [0.29, 0.717) is 21.6 Å². The first-order chi connectivity index (χ1) is 22.2. The summed E-state index contributed by atoms with van der Waals surface area (Å²) >= 11 is 1.33. The van der Waals surface area contributed by atoms with Gasteiger partial charge in [-0.25, -0.2) is 0 Å². The van der Waals surface area contributed by atoms with Crippen molar-refractivity contribution < 1.29 is 43.2 Å². The molecular formula is C44H80N2Ni2O2S. The second-order valence-corrected chi connectivity index (χ2v) is 16.0. The van der Waals surface area contributed by atoms with Crippen molar-refractivity contribution in [1.29, 1.82) is 0 Å². The maximum absolute atomic E-state index is 12.6. The van der Waals surface area contributed by atoms with Gasteiger partial charge in [0, 0.05) is 9.79 Å². The molecule has 0 fully saturated rings. The molecule has 0 aliphatic carbocycles. The van der Waals surface area contributed by atoms with E-state index < -0.39 is 0 Å². The molecule has 0 radical (unpaired) electrons. The van der Waals surface area contributed by atoms with Crippen LogP contribution in [0.25, 0.3) is 0 Å². The van der Waals surface area contributed by atoms with Gasteiger partial charge in [0.05, 0.1) is 0 Å². The molecule has 0 amide bonds. The predicted molar refractivity (Wildman–Crippen MR) is 218 cm³/mol. The molecule has 0 aromatic heterocycles. The summed E-state index contributed by atoms with van der Waals surface area (Å²) in [7, 11) is 0. The number of unbranched alkanes of at least 4 members (excludes halogenated alkanes) is 6. The molecule has 2 atom stereocenters. The van der Waals surface area contributed by atoms with Crippen molar-refractivity contribution in [3.05, 3.63) is 61.4 Å². The smallest absolute Gasteiger partial charge is 0.872 e. The number of benzene rings is 2. The molecule has 2 aromatic rings. The zero-order valence-electron chi connectivity index (χ0n) is 34.6. The molecule has 0 heterocycles. The van der Waals surface area contributed by atoms with Gasteiger partial charge in [0.1, 0.15) is 0 Å². The molecule has 0 aliphatic heterocycles. The van der Waals surface area contributed by atoms with Gasteiger partial charge in [-0.3, -0.25) is 0 Å². The van der Waals surface area contributed by atoms with E-state index in [1.165, 1.54) is 113 Å². The summed E-state index contributed by atoms with van der Waals surface area (Å²) in [6.45, 7) is 30.3. The van der Waals surface area contributed by atoms with Crippen LogP contribution in [0.3, 0.4) is 0 Å². The van der Waals surface area contributed by atoms with Crippen molar-refractivity contribution in [3.8, 4) is 11.5 Å². The van der Waals surface area contributed by atoms with Gasteiger partial charge >= 0.3 is 33.0 Å². The molecule has 304 valence electrons. The summed E-state index contributed by atoms with van der Waals surface area (Å²) in [6.07, 6.45) is 19.8. The van der Waals surface area contributed by atoms with Crippen LogP contribution >= 0.6 is 11.8 Å². The minimum atomic E-state index is -0.00915. The molecule has 51 heavy (non-hydrogen) atoms. The van der Waals surface area contributed by atoms with E-state index in [1.807, 2.05) is 24.3 Å². The Morgan fingerprint density at radius 2 is 0.863 bits per heavy atom. The van der Waals surface area contributed by atoms with Gasteiger partial charge in [-0.15, -0.1) is 0 Å². The standard InChI is InChI=1S/C28H42O2S.2C8H17.2H3N.2Ni/c1-7-9-11-17-27(3,4)21-13-15-23(29)25(19-21)31-26-20-22(14-16-24(26)30)28(5,6)18-12-10-8-2;2*1-4-6-7-8(3)5-2;;;;/h13-16,19-20,29-30H,7-12,17-18H2,1-6H3;2*8H,3-7H2,1-2H3;2*1H3;;/q;2*-1;;;2*+2/p-2. The Hall–Kier alpha value is -0.703. The van der Waals surface area contributed by atoms with E-state index in [2.05, 4.69) is 83.1 Å². The van der Waals surface area contributed by atoms with E-state index in [-0.39, 0.29) is 67.6 Å². The van der Waals surface area contributed by atoms with Crippen LogP contribution in [0.4, 0.5) is 0 Å². The first-order valence-electron chi connectivity index (χ1n) is 19.2. The molecule has 0 bridgehead atoms. The second-order valence-electron chi connectivity index (χ2n) is 14.9. The Labute approximate surface area is 342 Å². The fourth-order valence-corrected chi connectivity index (χ4v) is 6.40. The van der Waals surface area contributed by atoms with Crippen molar-refractivity contribution in [3.63, 3.8) is 0 Å². The van der Waals surface area contributed by atoms with E-state index >= 15 is 0 Å².